The van der Waals surface area contributed by atoms with Gasteiger partial charge in [-0.1, -0.05) is 38.5 Å². The van der Waals surface area contributed by atoms with Gasteiger partial charge in [0.15, 0.2) is 37.0 Å². The average molecular weight is 2170 g/mol. The van der Waals surface area contributed by atoms with Gasteiger partial charge in [0.05, 0.1) is 33.1 Å². The average Bonchev–Trinajstić information content (AvgIpc) is 0.730. The molecule has 2 aliphatic carbocycles. The van der Waals surface area contributed by atoms with E-state index in [9.17, 15) is 208 Å². The Balaban J connectivity index is 2.38. The van der Waals surface area contributed by atoms with Crippen LogP contribution < -0.4 is 10.6 Å². The minimum absolute atomic E-state index is 0.316. The summed E-state index contributed by atoms with van der Waals surface area (Å²) < 4.78 is 660. The van der Waals surface area contributed by atoms with Crippen LogP contribution >= 0.6 is 0 Å². The van der Waals surface area contributed by atoms with E-state index in [1.807, 2.05) is 0 Å². The predicted molar refractivity (Wildman–Crippen MR) is 366 cm³/mol. The molecule has 4 fully saturated rings. The van der Waals surface area contributed by atoms with Gasteiger partial charge in [-0.15, -0.1) is 0 Å². The minimum Gasteiger partial charge on any atom is -0.341 e. The van der Waals surface area contributed by atoms with Crippen LogP contribution in [-0.4, -0.2) is 362 Å². The van der Waals surface area contributed by atoms with E-state index in [2.05, 4.69) is 66.9 Å². The zero-order valence-electron chi connectivity index (χ0n) is 59.7. The van der Waals surface area contributed by atoms with Gasteiger partial charge in [-0.3, -0.25) is 82.4 Å². The molecule has 4 aliphatic rings. The fraction of sp³-hybridized carbons (Fsp3) is 0.946. The Bertz CT molecular complexity index is 5410. The minimum atomic E-state index is -7.21. The summed E-state index contributed by atoms with van der Waals surface area (Å²) in [5.74, 6) is -11.8. The molecule has 0 aromatic carbocycles. The summed E-state index contributed by atoms with van der Waals surface area (Å²) in [6.07, 6.45) is -73.6. The highest BCUT2D eigenvalue weighted by molar-refractivity contribution is 7.84. The Labute approximate surface area is 705 Å². The number of carbonyl (C=O) groups is 2. The van der Waals surface area contributed by atoms with Gasteiger partial charge in [0, 0.05) is 0 Å². The van der Waals surface area contributed by atoms with E-state index in [1.165, 1.54) is 0 Å². The van der Waals surface area contributed by atoms with Gasteiger partial charge in [0.25, 0.3) is 11.8 Å². The largest absolute Gasteiger partial charge is 0.398 e. The van der Waals surface area contributed by atoms with E-state index in [0.29, 0.717) is 0 Å². The molecule has 88 heteroatoms. The van der Waals surface area contributed by atoms with Crippen molar-refractivity contribution in [1.29, 1.82) is 0 Å². The lowest BCUT2D eigenvalue weighted by atomic mass is 9.69. The number of ether oxygens (including phenoxy) is 4. The molecule has 18 N–H and O–H groups in total. The van der Waals surface area contributed by atoms with Gasteiger partial charge >= 0.3 is 166 Å². The number of nitrogens with one attached hydrogen (secondary N) is 2. The van der Waals surface area contributed by atoms with Crippen molar-refractivity contribution < 1.29 is 303 Å². The summed E-state index contributed by atoms with van der Waals surface area (Å²) in [4.78, 5) is 30.4. The van der Waals surface area contributed by atoms with Gasteiger partial charge < -0.3 is 29.6 Å². The molecule has 2 heterocycles. The molecule has 0 aromatic heterocycles. The van der Waals surface area contributed by atoms with Crippen molar-refractivity contribution in [3.8, 4) is 0 Å². The van der Waals surface area contributed by atoms with Gasteiger partial charge in [-0.05, 0) is 37.5 Å². The van der Waals surface area contributed by atoms with Crippen LogP contribution in [0.25, 0.3) is 0 Å². The second-order valence-electron chi connectivity index (χ2n) is 24.5. The predicted octanol–water partition coefficient (Wildman–Crippen LogP) is -11.2. The van der Waals surface area contributed by atoms with Crippen LogP contribution in [0.15, 0.2) is 0 Å². The maximum atomic E-state index is 15.2. The third kappa shape index (κ3) is 40.6. The first-order valence-corrected chi connectivity index (χ1v) is 53.1. The van der Waals surface area contributed by atoms with E-state index < -0.39 is 384 Å². The van der Waals surface area contributed by atoms with Crippen LogP contribution in [0.3, 0.4) is 0 Å². The topological polar surface area (TPSA) is 1110 Å². The Kier molecular flexibility index (Phi) is 38.8. The van der Waals surface area contributed by atoms with Gasteiger partial charge in [-0.25, -0.2) is 66.9 Å². The standard InChI is InChI=1S/C37H66N2O70S16/c40-32(28(106-122(78,79)80)30(108-124(84,85)86)36(16-7-3-1-4-8-16,20(98-114(54,55)56)13-92-112(48,49)50)96-34-26(104-120(72,73)74)24(102-118(66,67)68)22(100-116(60,61)62)18(94-34)11-90-110(42,43)44)38-15-39-33(41)29(107-123(81,82)83)31(109-125(87,88)89)37(17-9-5-2-6-10-17,21(99-115(57,58)59)14-93-113(51,52)53)97-35-27(105-121(75,76)77)25(103-119(69,70)71)23(101-117(63,64)65)19(95-35)12-91-111(45,46)47/h16-31,34-35H,1-15H2,(H,38,40)(H,39,41)(H,42,43,44)(H,45,46,47)(H,48,49,50)(H,51,52,53)(H,54,55,56)(H,57,58,59)(H,60,61,62)(H,63,64,65)(H,66,67,68)(H,69,70,71)(H,72,73,74)(H,75,76,77)(H,78,79,80)(H,81,82,83)(H,84,85,86)(H,87,88,89)/t18-,19-,20-,21-,22+,23+,24+,25+,26-,27-,28-,29-,30-,31-,34+,35+,36-,37-/m1/s1. The maximum Gasteiger partial charge on any atom is 0.398 e. The Hall–Kier alpha value is -3.30. The molecule has 0 radical (unpaired) electrons. The van der Waals surface area contributed by atoms with Crippen LogP contribution in [0, 0.1) is 11.8 Å². The first-order chi connectivity index (χ1) is 55.7. The molecule has 125 heavy (non-hydrogen) atoms. The molecule has 2 aliphatic heterocycles. The summed E-state index contributed by atoms with van der Waals surface area (Å²) in [7, 11) is -108. The quantitative estimate of drug-likeness (QED) is 0.0199. The molecule has 2 amide bonds. The van der Waals surface area contributed by atoms with E-state index >= 15 is 9.59 Å². The molecule has 2 saturated carbocycles. The number of amides is 2. The SMILES string of the molecule is O=C(NCNC(=O)[C@H](OS(=O)(=O)O)[C@@H](OS(=O)(=O)O)[C@@](O[C@@H]1O[C@H](COS(=O)(=O)O)[C@H](OS(=O)(=O)O)[C@H](OS(=O)(=O)O)[C@H]1OS(=O)(=O)O)(C1CCCCC1)[C@@H](COS(=O)(=O)O)OS(=O)(=O)O)[C@H](OS(=O)(=O)O)[C@@H](OS(=O)(=O)O)[C@@](O[C@@H]1O[C@H](COS(=O)(=O)O)[C@H](OS(=O)(=O)O)[C@H](OS(=O)(=O)O)[C@H]1OS(=O)(=O)O)(C1CCCCC1)[C@@H](COS(=O)(=O)O)OS(=O)(=O)O. The molecular formula is C37H66N2O70S16. The highest BCUT2D eigenvalue weighted by atomic mass is 32.3. The van der Waals surface area contributed by atoms with E-state index in [1.54, 1.807) is 0 Å². The van der Waals surface area contributed by atoms with Crippen molar-refractivity contribution in [2.75, 3.05) is 33.1 Å². The lowest BCUT2D eigenvalue weighted by Gasteiger charge is -2.53. The smallest absolute Gasteiger partial charge is 0.341 e. The van der Waals surface area contributed by atoms with Crippen molar-refractivity contribution in [2.24, 2.45) is 11.8 Å². The molecule has 0 aromatic rings. The Morgan fingerprint density at radius 1 is 0.288 bits per heavy atom. The highest BCUT2D eigenvalue weighted by Gasteiger charge is 2.69. The lowest BCUT2D eigenvalue weighted by Crippen LogP contribution is -2.72. The molecule has 740 valence electrons. The monoisotopic (exact) mass is 2170 g/mol. The van der Waals surface area contributed by atoms with Crippen LogP contribution in [0.4, 0.5) is 0 Å². The van der Waals surface area contributed by atoms with Crippen LogP contribution in [-0.2, 0) is 262 Å². The summed E-state index contributed by atoms with van der Waals surface area (Å²) in [5.41, 5.74) is -9.77. The van der Waals surface area contributed by atoms with E-state index in [-0.39, 0.29) is 12.8 Å². The van der Waals surface area contributed by atoms with Crippen molar-refractivity contribution in [3.05, 3.63) is 0 Å². The fourth-order valence-electron chi connectivity index (χ4n) is 12.6. The first-order valence-electron chi connectivity index (χ1n) is 31.3. The van der Waals surface area contributed by atoms with Crippen LogP contribution in [0.2, 0.25) is 0 Å². The summed E-state index contributed by atoms with van der Waals surface area (Å²) in [6.45, 7) is -12.9. The lowest BCUT2D eigenvalue weighted by molar-refractivity contribution is -0.350. The van der Waals surface area contributed by atoms with Crippen molar-refractivity contribution in [3.63, 3.8) is 0 Å². The zero-order chi connectivity index (χ0) is 96.7. The highest BCUT2D eigenvalue weighted by Crippen LogP contribution is 2.50. The van der Waals surface area contributed by atoms with Gasteiger partial charge in [-0.2, -0.15) is 135 Å². The normalized spacial score (nSPS) is 25.6. The summed E-state index contributed by atoms with van der Waals surface area (Å²) in [5, 5.41) is 2.17. The van der Waals surface area contributed by atoms with Crippen molar-refractivity contribution >= 4 is 178 Å². The molecule has 18 atom stereocenters. The second-order valence-corrected chi connectivity index (χ2v) is 41.5. The molecule has 0 bridgehead atoms. The summed E-state index contributed by atoms with van der Waals surface area (Å²) >= 11 is 0. The van der Waals surface area contributed by atoms with Crippen molar-refractivity contribution in [1.82, 2.24) is 10.6 Å². The fourth-order valence-corrected chi connectivity index (χ4v) is 19.7. The Morgan fingerprint density at radius 3 is 0.744 bits per heavy atom. The van der Waals surface area contributed by atoms with Gasteiger partial charge in [0.2, 0.25) is 0 Å². The number of hydrogen-bond donors (Lipinski definition) is 18. The van der Waals surface area contributed by atoms with Crippen LogP contribution in [0.5, 0.6) is 0 Å². The zero-order valence-corrected chi connectivity index (χ0v) is 72.8. The molecule has 0 unspecified atom stereocenters. The maximum absolute atomic E-state index is 15.2. The molecule has 0 spiro atoms. The van der Waals surface area contributed by atoms with Crippen LogP contribution in [0.1, 0.15) is 64.2 Å². The van der Waals surface area contributed by atoms with E-state index in [0.717, 1.165) is 10.6 Å². The number of carbonyl (C=O) groups excluding carboxylic acids is 2. The van der Waals surface area contributed by atoms with E-state index in [4.69, 9.17) is 18.9 Å². The molecule has 72 nitrogen and oxygen atoms in total. The number of rotatable bonds is 52. The summed E-state index contributed by atoms with van der Waals surface area (Å²) in [6, 6.07) is 0. The third-order valence-corrected chi connectivity index (χ3v) is 23.4. The Morgan fingerprint density at radius 2 is 0.520 bits per heavy atom. The molecule has 2 saturated heterocycles. The second kappa shape index (κ2) is 42.5. The van der Waals surface area contributed by atoms with Crippen molar-refractivity contribution in [2.45, 2.75) is 173 Å². The number of hydrogen-bond acceptors (Lipinski definition) is 54. The molecule has 4 rings (SSSR count). The molecular weight excluding hydrogens is 2110 g/mol. The van der Waals surface area contributed by atoms with Gasteiger partial charge in [0.1, 0.15) is 72.2 Å². The first kappa shape index (κ1) is 114. The third-order valence-electron chi connectivity index (χ3n) is 16.1.